The first-order valence-electron chi connectivity index (χ1n) is 18.6. The van der Waals surface area contributed by atoms with Crippen molar-refractivity contribution in [1.82, 2.24) is 15.5 Å². The van der Waals surface area contributed by atoms with Crippen molar-refractivity contribution in [3.05, 3.63) is 30.2 Å². The molecule has 2 aliphatic heterocycles. The molecule has 3 heteroatoms. The quantitative estimate of drug-likeness (QED) is 0.163. The van der Waals surface area contributed by atoms with Gasteiger partial charge >= 0.3 is 0 Å². The lowest BCUT2D eigenvalue weighted by Crippen LogP contribution is -2.52. The summed E-state index contributed by atoms with van der Waals surface area (Å²) in [7, 11) is 2.12. The predicted octanol–water partition coefficient (Wildman–Crippen LogP) is 10.1. The van der Waals surface area contributed by atoms with Crippen molar-refractivity contribution >= 4 is 0 Å². The Balaban J connectivity index is 2.35. The van der Waals surface area contributed by atoms with E-state index in [1.807, 2.05) is 0 Å². The van der Waals surface area contributed by atoms with Crippen LogP contribution < -0.4 is 10.6 Å². The van der Waals surface area contributed by atoms with Gasteiger partial charge in [-0.25, -0.2) is 0 Å². The van der Waals surface area contributed by atoms with Crippen LogP contribution in [0.25, 0.3) is 0 Å². The van der Waals surface area contributed by atoms with Gasteiger partial charge in [-0.1, -0.05) is 102 Å². The monoisotopic (exact) mass is 598 g/mol. The van der Waals surface area contributed by atoms with Gasteiger partial charge in [-0.15, -0.1) is 5.73 Å². The molecule has 0 aromatic heterocycles. The zero-order chi connectivity index (χ0) is 32.6. The van der Waals surface area contributed by atoms with Gasteiger partial charge in [0.1, 0.15) is 0 Å². The molecule has 13 unspecified atom stereocenters. The van der Waals surface area contributed by atoms with E-state index in [2.05, 4.69) is 118 Å². The number of likely N-dealkylation sites (N-methyl/N-ethyl adjacent to an activating group) is 1. The van der Waals surface area contributed by atoms with Crippen LogP contribution in [-0.4, -0.2) is 42.2 Å². The maximum Gasteiger partial charge on any atom is 0.0381 e. The van der Waals surface area contributed by atoms with Gasteiger partial charge in [0, 0.05) is 41.8 Å². The van der Waals surface area contributed by atoms with Gasteiger partial charge in [-0.05, 0) is 105 Å². The van der Waals surface area contributed by atoms with Gasteiger partial charge in [0.15, 0.2) is 0 Å². The number of piperidine rings is 1. The highest BCUT2D eigenvalue weighted by molar-refractivity contribution is 5.17. The molecule has 0 spiro atoms. The molecule has 0 radical (unpaired) electrons. The molecule has 250 valence electrons. The van der Waals surface area contributed by atoms with Crippen LogP contribution >= 0.6 is 0 Å². The fourth-order valence-corrected chi connectivity index (χ4v) is 9.38. The number of nitrogens with one attached hydrogen (secondary N) is 2. The van der Waals surface area contributed by atoms with Crippen molar-refractivity contribution < 1.29 is 0 Å². The summed E-state index contributed by atoms with van der Waals surface area (Å²) in [5.74, 6) is 5.97. The number of allylic oxidation sites excluding steroid dienone is 1. The molecule has 3 nitrogen and oxygen atoms in total. The summed E-state index contributed by atoms with van der Waals surface area (Å²) in [4.78, 5) is 2.84. The molecular formula is C40H75N3. The molecule has 2 saturated heterocycles. The van der Waals surface area contributed by atoms with Crippen LogP contribution in [0.5, 0.6) is 0 Å². The first kappa shape index (κ1) is 38.2. The third kappa shape index (κ3) is 9.26. The SMILES string of the molecule is C=C=C(C(C)CC)C(NC)C(C)CC(C)N1C(=C)C(C)C(CCC(C)C(C)C)C1C(C)CC1CC(C)C(CC)C(CC)N1. The number of nitrogens with zero attached hydrogens (tertiary/aromatic N) is 1. The minimum Gasteiger partial charge on any atom is -0.369 e. The molecule has 2 N–H and O–H groups in total. The topological polar surface area (TPSA) is 27.3 Å². The number of likely N-dealkylation sites (tertiary alicyclic amines) is 1. The van der Waals surface area contributed by atoms with Crippen LogP contribution in [0.2, 0.25) is 0 Å². The standard InChI is InChI=1S/C40H75N3/c1-16-26(7)36(18-3)39(41-15)29(10)22-31(12)43-33(14)32(13)37(21-20-27(8)25(5)6)40(43)30(11)24-34-23-28(9)35(17-2)38(19-4)42-34/h25-32,34-35,37-42H,3,14,16-17,19-24H2,1-2,4-13,15H3. The molecule has 2 aliphatic rings. The molecule has 13 atom stereocenters. The van der Waals surface area contributed by atoms with Crippen molar-refractivity contribution in [2.75, 3.05) is 7.05 Å². The Hall–Kier alpha value is -1.02. The summed E-state index contributed by atoms with van der Waals surface area (Å²) in [6, 6.07) is 2.61. The molecule has 0 aliphatic carbocycles. The average molecular weight is 598 g/mol. The molecule has 2 rings (SSSR count). The van der Waals surface area contributed by atoms with Gasteiger partial charge in [0.2, 0.25) is 0 Å². The van der Waals surface area contributed by atoms with Crippen LogP contribution in [0, 0.1) is 53.3 Å². The molecule has 0 amide bonds. The van der Waals surface area contributed by atoms with Crippen LogP contribution in [0.4, 0.5) is 0 Å². The summed E-state index contributed by atoms with van der Waals surface area (Å²) in [6.45, 7) is 38.0. The van der Waals surface area contributed by atoms with Crippen molar-refractivity contribution in [2.45, 2.75) is 165 Å². The number of rotatable bonds is 17. The second-order valence-corrected chi connectivity index (χ2v) is 15.8. The largest absolute Gasteiger partial charge is 0.369 e. The van der Waals surface area contributed by atoms with Gasteiger partial charge in [0.05, 0.1) is 0 Å². The average Bonchev–Trinajstić information content (AvgIpc) is 3.22. The zero-order valence-electron chi connectivity index (χ0n) is 31.1. The lowest BCUT2D eigenvalue weighted by molar-refractivity contribution is 0.0909. The third-order valence-electron chi connectivity index (χ3n) is 12.6. The van der Waals surface area contributed by atoms with E-state index < -0.39 is 0 Å². The Morgan fingerprint density at radius 3 is 2.16 bits per heavy atom. The Morgan fingerprint density at radius 2 is 1.65 bits per heavy atom. The van der Waals surface area contributed by atoms with E-state index >= 15 is 0 Å². The van der Waals surface area contributed by atoms with Crippen LogP contribution in [0.1, 0.15) is 134 Å². The molecule has 0 bridgehead atoms. The Morgan fingerprint density at radius 1 is 1.00 bits per heavy atom. The molecule has 0 saturated carbocycles. The molecule has 0 aromatic rings. The fourth-order valence-electron chi connectivity index (χ4n) is 9.38. The number of hydrogen-bond acceptors (Lipinski definition) is 3. The Bertz CT molecular complexity index is 886. The van der Waals surface area contributed by atoms with Crippen LogP contribution in [0.15, 0.2) is 30.2 Å². The van der Waals surface area contributed by atoms with Gasteiger partial charge in [-0.2, -0.15) is 0 Å². The second kappa shape index (κ2) is 17.6. The maximum absolute atomic E-state index is 4.82. The van der Waals surface area contributed by atoms with Gasteiger partial charge in [-0.3, -0.25) is 0 Å². The van der Waals surface area contributed by atoms with Crippen LogP contribution in [-0.2, 0) is 0 Å². The Kier molecular flexibility index (Phi) is 15.6. The first-order chi connectivity index (χ1) is 20.3. The summed E-state index contributed by atoms with van der Waals surface area (Å²) in [5.41, 5.74) is 6.08. The minimum atomic E-state index is 0.312. The minimum absolute atomic E-state index is 0.312. The molecule has 2 heterocycles. The first-order valence-corrected chi connectivity index (χ1v) is 18.6. The van der Waals surface area contributed by atoms with E-state index in [0.29, 0.717) is 59.8 Å². The molecule has 0 aromatic carbocycles. The summed E-state index contributed by atoms with van der Waals surface area (Å²) in [5, 5.41) is 7.82. The van der Waals surface area contributed by atoms with Crippen LogP contribution in [0.3, 0.4) is 0 Å². The molecule has 2 fully saturated rings. The summed E-state index contributed by atoms with van der Waals surface area (Å²) >= 11 is 0. The third-order valence-corrected chi connectivity index (χ3v) is 12.6. The smallest absolute Gasteiger partial charge is 0.0381 e. The van der Waals surface area contributed by atoms with E-state index in [4.69, 9.17) is 6.58 Å². The normalized spacial score (nSPS) is 32.3. The zero-order valence-corrected chi connectivity index (χ0v) is 31.1. The van der Waals surface area contributed by atoms with Crippen molar-refractivity contribution in [3.63, 3.8) is 0 Å². The van der Waals surface area contributed by atoms with E-state index in [0.717, 1.165) is 36.5 Å². The second-order valence-electron chi connectivity index (χ2n) is 15.8. The highest BCUT2D eigenvalue weighted by atomic mass is 15.2. The van der Waals surface area contributed by atoms with E-state index in [1.54, 1.807) is 0 Å². The maximum atomic E-state index is 4.82. The summed E-state index contributed by atoms with van der Waals surface area (Å²) in [6.07, 6.45) is 10.0. The number of hydrogen-bond donors (Lipinski definition) is 2. The summed E-state index contributed by atoms with van der Waals surface area (Å²) < 4.78 is 0. The van der Waals surface area contributed by atoms with E-state index in [-0.39, 0.29) is 0 Å². The van der Waals surface area contributed by atoms with E-state index in [9.17, 15) is 0 Å². The highest BCUT2D eigenvalue weighted by Gasteiger charge is 2.47. The predicted molar refractivity (Wildman–Crippen MR) is 191 cm³/mol. The molecular weight excluding hydrogens is 522 g/mol. The van der Waals surface area contributed by atoms with Crippen molar-refractivity contribution in [2.24, 2.45) is 53.3 Å². The lowest BCUT2D eigenvalue weighted by Gasteiger charge is -2.45. The lowest BCUT2D eigenvalue weighted by atomic mass is 9.73. The Labute approximate surface area is 270 Å². The highest BCUT2D eigenvalue weighted by Crippen LogP contribution is 2.47. The van der Waals surface area contributed by atoms with Crippen molar-refractivity contribution in [3.8, 4) is 0 Å². The van der Waals surface area contributed by atoms with E-state index in [1.165, 1.54) is 49.8 Å². The fraction of sp³-hybridized carbons (Fsp3) is 0.875. The van der Waals surface area contributed by atoms with Crippen molar-refractivity contribution in [1.29, 1.82) is 0 Å². The van der Waals surface area contributed by atoms with Gasteiger partial charge < -0.3 is 15.5 Å². The van der Waals surface area contributed by atoms with Gasteiger partial charge in [0.25, 0.3) is 0 Å². The molecule has 43 heavy (non-hydrogen) atoms.